The molecule has 0 unspecified atom stereocenters. The highest BCUT2D eigenvalue weighted by atomic mass is 35.5. The summed E-state index contributed by atoms with van der Waals surface area (Å²) in [5.41, 5.74) is 1.46. The van der Waals surface area contributed by atoms with Gasteiger partial charge in [0, 0.05) is 15.6 Å². The van der Waals surface area contributed by atoms with Crippen LogP contribution in [0, 0.1) is 5.82 Å². The van der Waals surface area contributed by atoms with E-state index in [2.05, 4.69) is 0 Å². The molecule has 5 nitrogen and oxygen atoms in total. The third-order valence-corrected chi connectivity index (χ3v) is 6.98. The van der Waals surface area contributed by atoms with Crippen molar-refractivity contribution >= 4 is 63.8 Å². The van der Waals surface area contributed by atoms with Crippen LogP contribution in [-0.2, 0) is 17.9 Å². The van der Waals surface area contributed by atoms with Crippen molar-refractivity contribution in [3.8, 4) is 11.5 Å². The standard InChI is InChI=1S/C25H17Cl3FNO4S/c1-33-22-9-14(5-8-21(22)34-13-17-18(27)3-2-4-20(17)29)10-23-24(31)30(25(32)35-23)12-15-6-7-16(26)11-19(15)28/h2-11H,12-13H2,1H3/b23-10-. The number of amides is 2. The Morgan fingerprint density at radius 3 is 2.51 bits per heavy atom. The minimum absolute atomic E-state index is 0.0344. The summed E-state index contributed by atoms with van der Waals surface area (Å²) in [7, 11) is 1.46. The Labute approximate surface area is 220 Å². The van der Waals surface area contributed by atoms with Crippen LogP contribution < -0.4 is 9.47 Å². The van der Waals surface area contributed by atoms with Gasteiger partial charge in [0.15, 0.2) is 11.5 Å². The summed E-state index contributed by atoms with van der Waals surface area (Å²) < 4.78 is 25.1. The second kappa shape index (κ2) is 10.9. The zero-order valence-corrected chi connectivity index (χ0v) is 21.3. The van der Waals surface area contributed by atoms with Crippen LogP contribution in [-0.4, -0.2) is 23.2 Å². The number of carbonyl (C=O) groups excluding carboxylic acids is 2. The number of hydrogen-bond donors (Lipinski definition) is 0. The maximum absolute atomic E-state index is 14.0. The number of imide groups is 1. The molecule has 1 heterocycles. The van der Waals surface area contributed by atoms with E-state index in [1.807, 2.05) is 0 Å². The van der Waals surface area contributed by atoms with Gasteiger partial charge in [-0.3, -0.25) is 14.5 Å². The maximum atomic E-state index is 14.0. The largest absolute Gasteiger partial charge is 0.493 e. The summed E-state index contributed by atoms with van der Waals surface area (Å²) >= 11 is 19.0. The minimum atomic E-state index is -0.469. The Kier molecular flexibility index (Phi) is 7.91. The lowest BCUT2D eigenvalue weighted by atomic mass is 10.1. The normalized spacial score (nSPS) is 14.7. The zero-order chi connectivity index (χ0) is 25.1. The first-order valence-electron chi connectivity index (χ1n) is 10.2. The molecule has 35 heavy (non-hydrogen) atoms. The van der Waals surface area contributed by atoms with Gasteiger partial charge >= 0.3 is 0 Å². The van der Waals surface area contributed by atoms with Crippen LogP contribution in [0.1, 0.15) is 16.7 Å². The van der Waals surface area contributed by atoms with E-state index in [0.29, 0.717) is 32.7 Å². The number of hydrogen-bond acceptors (Lipinski definition) is 5. The van der Waals surface area contributed by atoms with E-state index in [9.17, 15) is 14.0 Å². The smallest absolute Gasteiger partial charge is 0.293 e. The van der Waals surface area contributed by atoms with Gasteiger partial charge in [-0.05, 0) is 65.4 Å². The van der Waals surface area contributed by atoms with Crippen molar-refractivity contribution in [3.63, 3.8) is 0 Å². The van der Waals surface area contributed by atoms with Gasteiger partial charge < -0.3 is 9.47 Å². The third-order valence-electron chi connectivity index (χ3n) is 5.14. The molecule has 10 heteroatoms. The molecule has 1 fully saturated rings. The highest BCUT2D eigenvalue weighted by Gasteiger charge is 2.35. The number of benzene rings is 3. The van der Waals surface area contributed by atoms with Crippen LogP contribution in [0.25, 0.3) is 6.08 Å². The van der Waals surface area contributed by atoms with Gasteiger partial charge in [-0.15, -0.1) is 0 Å². The first-order valence-corrected chi connectivity index (χ1v) is 12.1. The monoisotopic (exact) mass is 551 g/mol. The molecule has 1 aliphatic heterocycles. The van der Waals surface area contributed by atoms with Crippen molar-refractivity contribution in [2.75, 3.05) is 7.11 Å². The maximum Gasteiger partial charge on any atom is 0.293 e. The van der Waals surface area contributed by atoms with Crippen LogP contribution in [0.3, 0.4) is 0 Å². The molecule has 0 aromatic heterocycles. The van der Waals surface area contributed by atoms with Crippen LogP contribution in [0.5, 0.6) is 11.5 Å². The number of nitrogens with zero attached hydrogens (tertiary/aromatic N) is 1. The van der Waals surface area contributed by atoms with Gasteiger partial charge in [0.25, 0.3) is 11.1 Å². The molecule has 180 valence electrons. The van der Waals surface area contributed by atoms with E-state index in [1.165, 1.54) is 19.2 Å². The van der Waals surface area contributed by atoms with Gasteiger partial charge in [0.05, 0.1) is 23.6 Å². The number of rotatable bonds is 7. The number of ether oxygens (including phenoxy) is 2. The number of methoxy groups -OCH3 is 1. The van der Waals surface area contributed by atoms with Gasteiger partial charge in [0.1, 0.15) is 12.4 Å². The van der Waals surface area contributed by atoms with Crippen molar-refractivity contribution in [3.05, 3.63) is 97.1 Å². The summed E-state index contributed by atoms with van der Waals surface area (Å²) in [6.45, 7) is -0.0555. The van der Waals surface area contributed by atoms with Crippen molar-refractivity contribution < 1.29 is 23.5 Å². The number of thioether (sulfide) groups is 1. The van der Waals surface area contributed by atoms with E-state index in [0.717, 1.165) is 16.7 Å². The number of carbonyl (C=O) groups is 2. The second-order valence-corrected chi connectivity index (χ2v) is 9.65. The summed E-state index contributed by atoms with van der Waals surface area (Å²) in [4.78, 5) is 26.8. The van der Waals surface area contributed by atoms with Crippen molar-refractivity contribution in [1.82, 2.24) is 4.90 Å². The molecule has 3 aromatic rings. The third kappa shape index (κ3) is 5.76. The van der Waals surface area contributed by atoms with Crippen molar-refractivity contribution in [2.24, 2.45) is 0 Å². The molecular weight excluding hydrogens is 536 g/mol. The lowest BCUT2D eigenvalue weighted by Crippen LogP contribution is -2.27. The lowest BCUT2D eigenvalue weighted by molar-refractivity contribution is -0.123. The van der Waals surface area contributed by atoms with E-state index in [-0.39, 0.29) is 28.6 Å². The fourth-order valence-electron chi connectivity index (χ4n) is 3.32. The summed E-state index contributed by atoms with van der Waals surface area (Å²) in [6, 6.07) is 14.3. The van der Waals surface area contributed by atoms with Crippen LogP contribution in [0.2, 0.25) is 15.1 Å². The SMILES string of the molecule is COc1cc(/C=C2\SC(=O)N(Cc3ccc(Cl)cc3Cl)C2=O)ccc1OCc1c(F)cccc1Cl. The molecule has 3 aromatic carbocycles. The van der Waals surface area contributed by atoms with Crippen LogP contribution in [0.15, 0.2) is 59.5 Å². The molecule has 2 amide bonds. The molecule has 1 saturated heterocycles. The van der Waals surface area contributed by atoms with E-state index >= 15 is 0 Å². The highest BCUT2D eigenvalue weighted by molar-refractivity contribution is 8.18. The average Bonchev–Trinajstić information content (AvgIpc) is 3.08. The molecular formula is C25H17Cl3FNO4S. The Bertz CT molecular complexity index is 1330. The average molecular weight is 553 g/mol. The molecule has 0 aliphatic carbocycles. The molecule has 0 atom stereocenters. The van der Waals surface area contributed by atoms with E-state index in [1.54, 1.807) is 48.5 Å². The minimum Gasteiger partial charge on any atom is -0.493 e. The fourth-order valence-corrected chi connectivity index (χ4v) is 4.85. The van der Waals surface area contributed by atoms with Gasteiger partial charge in [-0.25, -0.2) is 4.39 Å². The summed E-state index contributed by atoms with van der Waals surface area (Å²) in [6.07, 6.45) is 1.59. The zero-order valence-electron chi connectivity index (χ0n) is 18.2. The highest BCUT2D eigenvalue weighted by Crippen LogP contribution is 2.36. The second-order valence-electron chi connectivity index (χ2n) is 7.40. The molecule has 0 N–H and O–H groups in total. The Hall–Kier alpha value is -2.71. The van der Waals surface area contributed by atoms with Crippen molar-refractivity contribution in [1.29, 1.82) is 0 Å². The molecule has 4 rings (SSSR count). The Balaban J connectivity index is 1.51. The van der Waals surface area contributed by atoms with Crippen LogP contribution >= 0.6 is 46.6 Å². The Morgan fingerprint density at radius 2 is 1.80 bits per heavy atom. The predicted octanol–water partition coefficient (Wildman–Crippen LogP) is 7.61. The first kappa shape index (κ1) is 25.4. The van der Waals surface area contributed by atoms with E-state index in [4.69, 9.17) is 44.3 Å². The van der Waals surface area contributed by atoms with Gasteiger partial charge in [0.2, 0.25) is 0 Å². The molecule has 0 saturated carbocycles. The lowest BCUT2D eigenvalue weighted by Gasteiger charge is -2.14. The molecule has 1 aliphatic rings. The Morgan fingerprint density at radius 1 is 1.00 bits per heavy atom. The van der Waals surface area contributed by atoms with Gasteiger partial charge in [-0.1, -0.05) is 53.0 Å². The molecule has 0 spiro atoms. The quantitative estimate of drug-likeness (QED) is 0.282. The van der Waals surface area contributed by atoms with Crippen LogP contribution in [0.4, 0.5) is 9.18 Å². The summed E-state index contributed by atoms with van der Waals surface area (Å²) in [5, 5.41) is 0.695. The summed E-state index contributed by atoms with van der Waals surface area (Å²) in [5.74, 6) is -0.156. The van der Waals surface area contributed by atoms with Crippen molar-refractivity contribution in [2.45, 2.75) is 13.2 Å². The fraction of sp³-hybridized carbons (Fsp3) is 0.120. The molecule has 0 radical (unpaired) electrons. The topological polar surface area (TPSA) is 55.8 Å². The predicted molar refractivity (Wildman–Crippen MR) is 137 cm³/mol. The molecule has 0 bridgehead atoms. The van der Waals surface area contributed by atoms with E-state index < -0.39 is 17.0 Å². The first-order chi connectivity index (χ1) is 16.8. The number of halogens is 4. The van der Waals surface area contributed by atoms with Gasteiger partial charge in [-0.2, -0.15) is 0 Å².